The number of ether oxygens (including phenoxy) is 3. The summed E-state index contributed by atoms with van der Waals surface area (Å²) in [7, 11) is 0. The van der Waals surface area contributed by atoms with E-state index in [1.165, 1.54) is 0 Å². The molecular formula is C29H34O5. The first kappa shape index (κ1) is 23.3. The number of carbonyl (C=O) groups is 2. The Hall–Kier alpha value is -2.42. The molecule has 5 nitrogen and oxygen atoms in total. The van der Waals surface area contributed by atoms with Gasteiger partial charge < -0.3 is 14.2 Å². The zero-order chi connectivity index (χ0) is 23.6. The van der Waals surface area contributed by atoms with Crippen LogP contribution in [0.25, 0.3) is 0 Å². The predicted octanol–water partition coefficient (Wildman–Crippen LogP) is 5.10. The number of esters is 1. The SMILES string of the molecule is CC#CCCC1(C(=O)/C=C/[C@@H]2[C@H]3CC4(C[C@H]3C[C@H]2OC(=O)c2ccccc2)OCCO4)CCC1. The van der Waals surface area contributed by atoms with Gasteiger partial charge in [-0.3, -0.25) is 4.79 Å². The van der Waals surface area contributed by atoms with Gasteiger partial charge in [-0.15, -0.1) is 11.8 Å². The van der Waals surface area contributed by atoms with E-state index in [-0.39, 0.29) is 35.1 Å². The molecule has 0 N–H and O–H groups in total. The lowest BCUT2D eigenvalue weighted by molar-refractivity contribution is -0.157. The molecule has 0 radical (unpaired) electrons. The van der Waals surface area contributed by atoms with Crippen LogP contribution in [0.2, 0.25) is 0 Å². The molecule has 0 unspecified atom stereocenters. The standard InChI is InChI=1S/C29H34O5/c1-2-3-7-13-28(14-8-15-28)26(30)12-11-23-24-20-29(32-16-17-33-29)19-22(24)18-25(23)34-27(31)21-9-5-4-6-10-21/h4-6,9-12,22-25H,7-8,13-20H2,1H3/b12-11+/t22-,23-,24+,25-/m1/s1. The summed E-state index contributed by atoms with van der Waals surface area (Å²) in [5, 5.41) is 0. The van der Waals surface area contributed by atoms with E-state index < -0.39 is 5.79 Å². The highest BCUT2D eigenvalue weighted by Gasteiger charge is 2.57. The number of allylic oxidation sites excluding steroid dienone is 1. The molecular weight excluding hydrogens is 428 g/mol. The van der Waals surface area contributed by atoms with Gasteiger partial charge in [-0.25, -0.2) is 4.79 Å². The van der Waals surface area contributed by atoms with Crippen LogP contribution < -0.4 is 0 Å². The minimum atomic E-state index is -0.492. The maximum absolute atomic E-state index is 13.3. The number of carbonyl (C=O) groups excluding carboxylic acids is 2. The quantitative estimate of drug-likeness (QED) is 0.321. The molecule has 4 atom stereocenters. The van der Waals surface area contributed by atoms with E-state index in [4.69, 9.17) is 14.2 Å². The third-order valence-electron chi connectivity index (χ3n) is 8.47. The van der Waals surface area contributed by atoms with Crippen LogP contribution in [-0.2, 0) is 19.0 Å². The normalized spacial score (nSPS) is 30.5. The molecule has 1 saturated heterocycles. The molecule has 180 valence electrons. The lowest BCUT2D eigenvalue weighted by Crippen LogP contribution is -2.37. The average Bonchev–Trinajstić information content (AvgIpc) is 3.50. The van der Waals surface area contributed by atoms with Gasteiger partial charge in [-0.1, -0.05) is 30.7 Å². The van der Waals surface area contributed by atoms with Crippen molar-refractivity contribution in [2.45, 2.75) is 70.2 Å². The van der Waals surface area contributed by atoms with E-state index >= 15 is 0 Å². The topological polar surface area (TPSA) is 61.8 Å². The second kappa shape index (κ2) is 9.68. The van der Waals surface area contributed by atoms with E-state index in [9.17, 15) is 9.59 Å². The first-order valence-corrected chi connectivity index (χ1v) is 12.7. The van der Waals surface area contributed by atoms with E-state index in [0.717, 1.165) is 51.4 Å². The minimum absolute atomic E-state index is 0.0126. The summed E-state index contributed by atoms with van der Waals surface area (Å²) in [6.45, 7) is 3.11. The van der Waals surface area contributed by atoms with Gasteiger partial charge in [0, 0.05) is 30.6 Å². The van der Waals surface area contributed by atoms with Crippen molar-refractivity contribution >= 4 is 11.8 Å². The van der Waals surface area contributed by atoms with Crippen LogP contribution in [-0.4, -0.2) is 36.9 Å². The van der Waals surface area contributed by atoms with Crippen LogP contribution in [0.15, 0.2) is 42.5 Å². The fourth-order valence-electron chi connectivity index (χ4n) is 6.53. The number of hydrogen-bond acceptors (Lipinski definition) is 5. The van der Waals surface area contributed by atoms with Crippen molar-refractivity contribution < 1.29 is 23.8 Å². The van der Waals surface area contributed by atoms with Gasteiger partial charge in [0.05, 0.1) is 18.8 Å². The Morgan fingerprint density at radius 2 is 1.91 bits per heavy atom. The molecule has 1 spiro atoms. The smallest absolute Gasteiger partial charge is 0.338 e. The van der Waals surface area contributed by atoms with Crippen molar-refractivity contribution in [1.82, 2.24) is 0 Å². The van der Waals surface area contributed by atoms with Crippen molar-refractivity contribution in [2.24, 2.45) is 23.2 Å². The summed E-state index contributed by atoms with van der Waals surface area (Å²) in [5.74, 6) is 6.09. The molecule has 0 amide bonds. The van der Waals surface area contributed by atoms with Crippen LogP contribution in [0.5, 0.6) is 0 Å². The van der Waals surface area contributed by atoms with Crippen LogP contribution in [0.1, 0.15) is 68.6 Å². The molecule has 3 aliphatic carbocycles. The molecule has 1 aromatic rings. The Kier molecular flexibility index (Phi) is 6.64. The molecule has 1 aromatic carbocycles. The van der Waals surface area contributed by atoms with Crippen molar-refractivity contribution in [1.29, 1.82) is 0 Å². The van der Waals surface area contributed by atoms with E-state index in [1.807, 2.05) is 31.2 Å². The molecule has 5 rings (SSSR count). The number of fused-ring (bicyclic) bond motifs is 1. The monoisotopic (exact) mass is 462 g/mol. The van der Waals surface area contributed by atoms with Crippen molar-refractivity contribution in [3.05, 3.63) is 48.0 Å². The Morgan fingerprint density at radius 3 is 2.59 bits per heavy atom. The Bertz CT molecular complexity index is 990. The first-order chi connectivity index (χ1) is 16.5. The second-order valence-electron chi connectivity index (χ2n) is 10.3. The predicted molar refractivity (Wildman–Crippen MR) is 128 cm³/mol. The van der Waals surface area contributed by atoms with Gasteiger partial charge in [-0.05, 0) is 62.7 Å². The lowest BCUT2D eigenvalue weighted by atomic mass is 9.63. The largest absolute Gasteiger partial charge is 0.458 e. The highest BCUT2D eigenvalue weighted by molar-refractivity contribution is 5.95. The molecule has 0 aromatic heterocycles. The minimum Gasteiger partial charge on any atom is -0.458 e. The lowest BCUT2D eigenvalue weighted by Gasteiger charge is -2.39. The van der Waals surface area contributed by atoms with Gasteiger partial charge in [0.2, 0.25) is 0 Å². The van der Waals surface area contributed by atoms with Gasteiger partial charge in [-0.2, -0.15) is 0 Å². The molecule has 4 aliphatic rings. The first-order valence-electron chi connectivity index (χ1n) is 12.7. The van der Waals surface area contributed by atoms with E-state index in [2.05, 4.69) is 11.8 Å². The third-order valence-corrected chi connectivity index (χ3v) is 8.47. The number of benzene rings is 1. The van der Waals surface area contributed by atoms with Crippen molar-refractivity contribution in [2.75, 3.05) is 13.2 Å². The molecule has 34 heavy (non-hydrogen) atoms. The highest BCUT2D eigenvalue weighted by atomic mass is 16.7. The van der Waals surface area contributed by atoms with Gasteiger partial charge >= 0.3 is 5.97 Å². The maximum Gasteiger partial charge on any atom is 0.338 e. The summed E-state index contributed by atoms with van der Waals surface area (Å²) in [4.78, 5) is 26.1. The van der Waals surface area contributed by atoms with E-state index in [0.29, 0.717) is 24.7 Å². The molecule has 1 aliphatic heterocycles. The molecule has 5 heteroatoms. The highest BCUT2D eigenvalue weighted by Crippen LogP contribution is 2.55. The van der Waals surface area contributed by atoms with Crippen LogP contribution in [0.4, 0.5) is 0 Å². The fourth-order valence-corrected chi connectivity index (χ4v) is 6.53. The van der Waals surface area contributed by atoms with E-state index in [1.54, 1.807) is 18.2 Å². The van der Waals surface area contributed by atoms with Crippen LogP contribution >= 0.6 is 0 Å². The molecule has 3 saturated carbocycles. The zero-order valence-electron chi connectivity index (χ0n) is 20.0. The molecule has 0 bridgehead atoms. The molecule has 4 fully saturated rings. The van der Waals surface area contributed by atoms with Crippen molar-refractivity contribution in [3.8, 4) is 11.8 Å². The fraction of sp³-hybridized carbons (Fsp3) is 0.586. The van der Waals surface area contributed by atoms with Gasteiger partial charge in [0.25, 0.3) is 0 Å². The number of hydrogen-bond donors (Lipinski definition) is 0. The second-order valence-corrected chi connectivity index (χ2v) is 10.3. The summed E-state index contributed by atoms with van der Waals surface area (Å²) in [6.07, 6.45) is 10.5. The average molecular weight is 463 g/mol. The summed E-state index contributed by atoms with van der Waals surface area (Å²) in [5.41, 5.74) is 0.297. The van der Waals surface area contributed by atoms with Crippen molar-refractivity contribution in [3.63, 3.8) is 0 Å². The maximum atomic E-state index is 13.3. The zero-order valence-corrected chi connectivity index (χ0v) is 20.0. The number of ketones is 1. The Labute approximate surface area is 202 Å². The van der Waals surface area contributed by atoms with Crippen LogP contribution in [0.3, 0.4) is 0 Å². The molecule has 1 heterocycles. The Balaban J connectivity index is 1.33. The summed E-state index contributed by atoms with van der Waals surface area (Å²) < 4.78 is 18.0. The van der Waals surface area contributed by atoms with Crippen LogP contribution in [0, 0.1) is 35.0 Å². The summed E-state index contributed by atoms with van der Waals surface area (Å²) >= 11 is 0. The summed E-state index contributed by atoms with van der Waals surface area (Å²) in [6, 6.07) is 9.13. The van der Waals surface area contributed by atoms with Gasteiger partial charge in [0.1, 0.15) is 6.10 Å². The Morgan fingerprint density at radius 1 is 1.15 bits per heavy atom. The number of rotatable bonds is 7. The van der Waals surface area contributed by atoms with Gasteiger partial charge in [0.15, 0.2) is 11.6 Å². The third kappa shape index (κ3) is 4.46.